The first-order valence-corrected chi connectivity index (χ1v) is 10.2. The molecule has 0 saturated carbocycles. The van der Waals surface area contributed by atoms with Crippen LogP contribution in [0.1, 0.15) is 65.6 Å². The van der Waals surface area contributed by atoms with E-state index in [9.17, 15) is 5.11 Å². The van der Waals surface area contributed by atoms with E-state index in [-0.39, 0.29) is 11.0 Å². The first kappa shape index (κ1) is 22.7. The van der Waals surface area contributed by atoms with E-state index in [0.29, 0.717) is 19.2 Å². The van der Waals surface area contributed by atoms with Crippen molar-refractivity contribution in [2.75, 3.05) is 19.8 Å². The van der Waals surface area contributed by atoms with Crippen molar-refractivity contribution in [1.29, 1.82) is 0 Å². The highest BCUT2D eigenvalue weighted by atomic mass is 16.5. The molecule has 0 aromatic heterocycles. The van der Waals surface area contributed by atoms with Crippen LogP contribution < -0.4 is 5.32 Å². The zero-order chi connectivity index (χ0) is 20.9. The van der Waals surface area contributed by atoms with Crippen molar-refractivity contribution >= 4 is 5.57 Å². The quantitative estimate of drug-likeness (QED) is 0.665. The van der Waals surface area contributed by atoms with Crippen molar-refractivity contribution in [2.45, 2.75) is 66.3 Å². The molecule has 1 aliphatic rings. The summed E-state index contributed by atoms with van der Waals surface area (Å²) < 4.78 is 5.72. The van der Waals surface area contributed by atoms with E-state index in [0.717, 1.165) is 17.7 Å². The second kappa shape index (κ2) is 9.25. The Kier molecular flexibility index (Phi) is 7.49. The molecule has 1 aromatic rings. The fourth-order valence-corrected chi connectivity index (χ4v) is 3.22. The summed E-state index contributed by atoms with van der Waals surface area (Å²) in [5, 5.41) is 14.1. The predicted molar refractivity (Wildman–Crippen MR) is 118 cm³/mol. The lowest BCUT2D eigenvalue weighted by atomic mass is 9.98. The first-order chi connectivity index (χ1) is 12.9. The highest BCUT2D eigenvalue weighted by Gasteiger charge is 2.17. The lowest BCUT2D eigenvalue weighted by molar-refractivity contribution is 0.0254. The molecule has 0 fully saturated rings. The van der Waals surface area contributed by atoms with Gasteiger partial charge in [0, 0.05) is 24.3 Å². The number of hydrogen-bond acceptors (Lipinski definition) is 4. The van der Waals surface area contributed by atoms with Crippen LogP contribution in [0.15, 0.2) is 42.6 Å². The third-order valence-electron chi connectivity index (χ3n) is 4.54. The highest BCUT2D eigenvalue weighted by Crippen LogP contribution is 2.24. The molecule has 0 saturated heterocycles. The normalized spacial score (nSPS) is 18.9. The maximum absolute atomic E-state index is 10.5. The molecule has 0 bridgehead atoms. The van der Waals surface area contributed by atoms with E-state index >= 15 is 0 Å². The van der Waals surface area contributed by atoms with E-state index in [4.69, 9.17) is 4.74 Å². The van der Waals surface area contributed by atoms with Gasteiger partial charge in [0.15, 0.2) is 0 Å². The summed E-state index contributed by atoms with van der Waals surface area (Å²) in [6.07, 6.45) is 5.29. The summed E-state index contributed by atoms with van der Waals surface area (Å²) in [5.74, 6) is 0. The van der Waals surface area contributed by atoms with Crippen LogP contribution in [0.4, 0.5) is 0 Å². The molecule has 0 amide bonds. The van der Waals surface area contributed by atoms with E-state index in [1.807, 2.05) is 17.2 Å². The second-order valence-electron chi connectivity index (χ2n) is 9.94. The number of ether oxygens (including phenoxy) is 1. The van der Waals surface area contributed by atoms with E-state index < -0.39 is 6.23 Å². The topological polar surface area (TPSA) is 44.7 Å². The molecule has 1 heterocycles. The summed E-state index contributed by atoms with van der Waals surface area (Å²) in [6, 6.07) is 8.86. The Bertz CT molecular complexity index is 678. The molecule has 2 atom stereocenters. The maximum atomic E-state index is 10.5. The minimum absolute atomic E-state index is 0.0802. The Morgan fingerprint density at radius 2 is 1.75 bits per heavy atom. The van der Waals surface area contributed by atoms with Crippen molar-refractivity contribution < 1.29 is 9.84 Å². The minimum atomic E-state index is -0.626. The number of nitrogens with one attached hydrogen (secondary N) is 1. The number of allylic oxidation sites excluding steroid dienone is 2. The fourth-order valence-electron chi connectivity index (χ4n) is 3.22. The van der Waals surface area contributed by atoms with Crippen LogP contribution in [0.25, 0.3) is 5.57 Å². The number of aliphatic hydroxyl groups excluding tert-OH is 1. The van der Waals surface area contributed by atoms with Crippen LogP contribution in [0.3, 0.4) is 0 Å². The zero-order valence-corrected chi connectivity index (χ0v) is 18.6. The summed E-state index contributed by atoms with van der Waals surface area (Å²) in [6.45, 7) is 17.2. The lowest BCUT2D eigenvalue weighted by Crippen LogP contribution is -2.37. The van der Waals surface area contributed by atoms with E-state index in [2.05, 4.69) is 84.1 Å². The van der Waals surface area contributed by atoms with Crippen molar-refractivity contribution in [3.63, 3.8) is 0 Å². The van der Waals surface area contributed by atoms with Gasteiger partial charge in [-0.05, 0) is 62.0 Å². The Morgan fingerprint density at radius 3 is 2.29 bits per heavy atom. The molecule has 1 aliphatic heterocycles. The maximum Gasteiger partial charge on any atom is 0.146 e. The average Bonchev–Trinajstić information content (AvgIpc) is 2.57. The first-order valence-electron chi connectivity index (χ1n) is 10.2. The van der Waals surface area contributed by atoms with Gasteiger partial charge in [-0.2, -0.15) is 0 Å². The van der Waals surface area contributed by atoms with Crippen LogP contribution >= 0.6 is 0 Å². The van der Waals surface area contributed by atoms with Crippen LogP contribution in [0.5, 0.6) is 0 Å². The summed E-state index contributed by atoms with van der Waals surface area (Å²) in [4.78, 5) is 1.90. The number of nitrogens with zero attached hydrogens (tertiary/aromatic N) is 1. The Labute approximate surface area is 171 Å². The van der Waals surface area contributed by atoms with Crippen molar-refractivity contribution in [1.82, 2.24) is 10.2 Å². The largest absolute Gasteiger partial charge is 0.379 e. The molecule has 0 spiro atoms. The van der Waals surface area contributed by atoms with Gasteiger partial charge in [-0.3, -0.25) is 0 Å². The molecule has 2 unspecified atom stereocenters. The molecule has 1 aromatic carbocycles. The molecule has 2 N–H and O–H groups in total. The number of benzene rings is 1. The molecule has 28 heavy (non-hydrogen) atoms. The van der Waals surface area contributed by atoms with Crippen molar-refractivity contribution in [3.8, 4) is 0 Å². The van der Waals surface area contributed by atoms with Gasteiger partial charge in [0.1, 0.15) is 6.23 Å². The zero-order valence-electron chi connectivity index (χ0n) is 18.6. The van der Waals surface area contributed by atoms with Gasteiger partial charge < -0.3 is 20.1 Å². The van der Waals surface area contributed by atoms with Crippen LogP contribution in [-0.4, -0.2) is 41.5 Å². The van der Waals surface area contributed by atoms with Crippen LogP contribution in [0.2, 0.25) is 0 Å². The second-order valence-corrected chi connectivity index (χ2v) is 9.94. The molecular formula is C24H38N2O2. The standard InChI is InChI=1S/C24H38N2O2/c1-18(25-24(5,6)7)19-8-10-20(11-9-19)21-12-13-26(22(27)16-21)14-15-28-17-23(2,3)4/h8-13,16,18,22,25,27H,14-15,17H2,1-7H3. The SMILES string of the molecule is CC(NC(C)(C)C)c1ccc(C2=CC(O)N(CCOCC(C)(C)C)C=C2)cc1. The number of hydrogen-bond donors (Lipinski definition) is 2. The van der Waals surface area contributed by atoms with Crippen molar-refractivity contribution in [2.24, 2.45) is 5.41 Å². The monoisotopic (exact) mass is 386 g/mol. The molecule has 0 aliphatic carbocycles. The summed E-state index contributed by atoms with van der Waals surface area (Å²) >= 11 is 0. The predicted octanol–water partition coefficient (Wildman–Crippen LogP) is 4.73. The fraction of sp³-hybridized carbons (Fsp3) is 0.583. The highest BCUT2D eigenvalue weighted by molar-refractivity contribution is 5.75. The number of rotatable bonds is 7. The smallest absolute Gasteiger partial charge is 0.146 e. The van der Waals surface area contributed by atoms with E-state index in [1.54, 1.807) is 0 Å². The van der Waals surface area contributed by atoms with Gasteiger partial charge in [-0.25, -0.2) is 0 Å². The minimum Gasteiger partial charge on any atom is -0.379 e. The summed E-state index contributed by atoms with van der Waals surface area (Å²) in [7, 11) is 0. The van der Waals surface area contributed by atoms with Gasteiger partial charge in [0.2, 0.25) is 0 Å². The van der Waals surface area contributed by atoms with Gasteiger partial charge in [-0.15, -0.1) is 0 Å². The number of aliphatic hydroxyl groups is 1. The lowest BCUT2D eigenvalue weighted by Gasteiger charge is -2.29. The van der Waals surface area contributed by atoms with Gasteiger partial charge in [0.05, 0.1) is 13.2 Å². The Hall–Kier alpha value is -1.62. The van der Waals surface area contributed by atoms with Gasteiger partial charge in [0.25, 0.3) is 0 Å². The van der Waals surface area contributed by atoms with Crippen molar-refractivity contribution in [3.05, 3.63) is 53.7 Å². The third-order valence-corrected chi connectivity index (χ3v) is 4.54. The molecule has 2 rings (SSSR count). The molecule has 0 radical (unpaired) electrons. The van der Waals surface area contributed by atoms with Gasteiger partial charge in [-0.1, -0.05) is 45.0 Å². The van der Waals surface area contributed by atoms with Crippen LogP contribution in [-0.2, 0) is 4.74 Å². The molecule has 4 heteroatoms. The van der Waals surface area contributed by atoms with Gasteiger partial charge >= 0.3 is 0 Å². The Balaban J connectivity index is 1.92. The summed E-state index contributed by atoms with van der Waals surface area (Å²) in [5.41, 5.74) is 3.66. The Morgan fingerprint density at radius 1 is 1.11 bits per heavy atom. The van der Waals surface area contributed by atoms with Crippen LogP contribution in [0, 0.1) is 5.41 Å². The molecular weight excluding hydrogens is 348 g/mol. The molecule has 4 nitrogen and oxygen atoms in total. The van der Waals surface area contributed by atoms with E-state index in [1.165, 1.54) is 5.56 Å². The third kappa shape index (κ3) is 7.42. The molecule has 156 valence electrons. The average molecular weight is 387 g/mol.